The van der Waals surface area contributed by atoms with Crippen molar-refractivity contribution < 1.29 is 19.7 Å². The third kappa shape index (κ3) is 2.99. The number of ether oxygens (including phenoxy) is 2. The molecule has 1 aliphatic heterocycles. The molecule has 1 heterocycles. The van der Waals surface area contributed by atoms with Crippen LogP contribution in [0.4, 0.5) is 0 Å². The van der Waals surface area contributed by atoms with E-state index in [0.29, 0.717) is 11.3 Å². The summed E-state index contributed by atoms with van der Waals surface area (Å²) in [6, 6.07) is 18.6. The van der Waals surface area contributed by atoms with Gasteiger partial charge in [0.05, 0.1) is 13.4 Å². The van der Waals surface area contributed by atoms with Crippen molar-refractivity contribution in [3.63, 3.8) is 0 Å². The van der Waals surface area contributed by atoms with Crippen molar-refractivity contribution in [1.82, 2.24) is 0 Å². The first kappa shape index (κ1) is 17.0. The Labute approximate surface area is 157 Å². The highest BCUT2D eigenvalue weighted by molar-refractivity contribution is 5.78. The number of phenols is 2. The van der Waals surface area contributed by atoms with E-state index < -0.39 is 0 Å². The summed E-state index contributed by atoms with van der Waals surface area (Å²) in [7, 11) is 1.65. The minimum absolute atomic E-state index is 0.0662. The molecule has 3 aromatic rings. The van der Waals surface area contributed by atoms with Gasteiger partial charge < -0.3 is 19.7 Å². The summed E-state index contributed by atoms with van der Waals surface area (Å²) in [6.07, 6.45) is 1.73. The molecule has 136 valence electrons. The standard InChI is InChI=1S/C23H20O4/c1-14-21(25)12-11-19-22(16-5-9-18(26-2)10-6-16)20(13-27-23(14)19)15-3-7-17(24)8-4-15/h3-13,22,24-25H,1-2H3. The van der Waals surface area contributed by atoms with Crippen LogP contribution in [0.1, 0.15) is 28.2 Å². The molecule has 1 atom stereocenters. The van der Waals surface area contributed by atoms with Gasteiger partial charge in [-0.25, -0.2) is 0 Å². The highest BCUT2D eigenvalue weighted by atomic mass is 16.5. The van der Waals surface area contributed by atoms with E-state index in [-0.39, 0.29) is 17.4 Å². The Hall–Kier alpha value is -3.40. The van der Waals surface area contributed by atoms with Gasteiger partial charge in [0.1, 0.15) is 23.0 Å². The van der Waals surface area contributed by atoms with Gasteiger partial charge in [0.2, 0.25) is 0 Å². The van der Waals surface area contributed by atoms with Gasteiger partial charge >= 0.3 is 0 Å². The fourth-order valence-corrected chi connectivity index (χ4v) is 3.49. The van der Waals surface area contributed by atoms with Crippen molar-refractivity contribution in [1.29, 1.82) is 0 Å². The second kappa shape index (κ2) is 6.72. The lowest BCUT2D eigenvalue weighted by Gasteiger charge is -2.29. The molecule has 0 spiro atoms. The first-order valence-electron chi connectivity index (χ1n) is 8.71. The number of rotatable bonds is 3. The van der Waals surface area contributed by atoms with Crippen LogP contribution in [0.3, 0.4) is 0 Å². The van der Waals surface area contributed by atoms with Gasteiger partial charge in [0, 0.05) is 22.6 Å². The molecule has 1 aliphatic rings. The molecular weight excluding hydrogens is 340 g/mol. The molecule has 4 nitrogen and oxygen atoms in total. The van der Waals surface area contributed by atoms with Gasteiger partial charge in [-0.15, -0.1) is 0 Å². The van der Waals surface area contributed by atoms with Crippen LogP contribution >= 0.6 is 0 Å². The number of aromatic hydroxyl groups is 2. The SMILES string of the molecule is COc1ccc(C2C(c3ccc(O)cc3)=COc3c2ccc(O)c3C)cc1. The summed E-state index contributed by atoms with van der Waals surface area (Å²) in [5, 5.41) is 19.7. The zero-order chi connectivity index (χ0) is 19.0. The molecule has 2 N–H and O–H groups in total. The number of methoxy groups -OCH3 is 1. The van der Waals surface area contributed by atoms with Crippen LogP contribution in [-0.2, 0) is 0 Å². The molecule has 27 heavy (non-hydrogen) atoms. The maximum absolute atomic E-state index is 10.1. The van der Waals surface area contributed by atoms with E-state index in [9.17, 15) is 10.2 Å². The Morgan fingerprint density at radius 1 is 0.889 bits per heavy atom. The second-order valence-corrected chi connectivity index (χ2v) is 6.57. The Kier molecular flexibility index (Phi) is 4.24. The van der Waals surface area contributed by atoms with Crippen LogP contribution < -0.4 is 9.47 Å². The Morgan fingerprint density at radius 3 is 2.26 bits per heavy atom. The fraction of sp³-hybridized carbons (Fsp3) is 0.130. The first-order chi connectivity index (χ1) is 13.1. The average Bonchev–Trinajstić information content (AvgIpc) is 2.71. The summed E-state index contributed by atoms with van der Waals surface area (Å²) < 4.78 is 11.2. The van der Waals surface area contributed by atoms with Crippen LogP contribution in [0.5, 0.6) is 23.0 Å². The highest BCUT2D eigenvalue weighted by Crippen LogP contribution is 2.47. The molecule has 0 saturated heterocycles. The van der Waals surface area contributed by atoms with E-state index in [1.807, 2.05) is 49.4 Å². The number of phenolic OH excluding ortho intramolecular Hbond substituents is 2. The second-order valence-electron chi connectivity index (χ2n) is 6.57. The monoisotopic (exact) mass is 360 g/mol. The predicted molar refractivity (Wildman–Crippen MR) is 104 cm³/mol. The Morgan fingerprint density at radius 2 is 1.59 bits per heavy atom. The van der Waals surface area contributed by atoms with Gasteiger partial charge in [-0.3, -0.25) is 0 Å². The predicted octanol–water partition coefficient (Wildman–Crippen LogP) is 4.98. The topological polar surface area (TPSA) is 58.9 Å². The fourth-order valence-electron chi connectivity index (χ4n) is 3.49. The summed E-state index contributed by atoms with van der Waals surface area (Å²) in [6.45, 7) is 1.85. The minimum atomic E-state index is -0.0662. The minimum Gasteiger partial charge on any atom is -0.508 e. The molecule has 0 saturated carbocycles. The molecular formula is C23H20O4. The van der Waals surface area contributed by atoms with Gasteiger partial charge in [-0.2, -0.15) is 0 Å². The molecule has 3 aromatic carbocycles. The van der Waals surface area contributed by atoms with Crippen molar-refractivity contribution in [3.8, 4) is 23.0 Å². The van der Waals surface area contributed by atoms with Crippen molar-refractivity contribution in [2.45, 2.75) is 12.8 Å². The lowest BCUT2D eigenvalue weighted by molar-refractivity contribution is 0.414. The third-order valence-electron chi connectivity index (χ3n) is 4.98. The lowest BCUT2D eigenvalue weighted by Crippen LogP contribution is -2.12. The van der Waals surface area contributed by atoms with Crippen LogP contribution in [0.15, 0.2) is 66.9 Å². The van der Waals surface area contributed by atoms with Crippen LogP contribution in [0.25, 0.3) is 5.57 Å². The largest absolute Gasteiger partial charge is 0.508 e. The molecule has 0 aromatic heterocycles. The summed E-state index contributed by atoms with van der Waals surface area (Å²) in [4.78, 5) is 0. The summed E-state index contributed by atoms with van der Waals surface area (Å²) in [5.41, 5.74) is 4.74. The van der Waals surface area contributed by atoms with Gasteiger partial charge in [0.25, 0.3) is 0 Å². The van der Waals surface area contributed by atoms with E-state index >= 15 is 0 Å². The number of hydrogen-bond acceptors (Lipinski definition) is 4. The van der Waals surface area contributed by atoms with E-state index in [4.69, 9.17) is 9.47 Å². The van der Waals surface area contributed by atoms with Crippen LogP contribution in [-0.4, -0.2) is 17.3 Å². The Bertz CT molecular complexity index is 1000. The normalized spacial score (nSPS) is 15.5. The zero-order valence-electron chi connectivity index (χ0n) is 15.1. The maximum atomic E-state index is 10.1. The van der Waals surface area contributed by atoms with Crippen LogP contribution in [0, 0.1) is 6.92 Å². The van der Waals surface area contributed by atoms with Crippen molar-refractivity contribution >= 4 is 5.57 Å². The van der Waals surface area contributed by atoms with Gasteiger partial charge in [0.15, 0.2) is 0 Å². The third-order valence-corrected chi connectivity index (χ3v) is 4.98. The van der Waals surface area contributed by atoms with E-state index in [0.717, 1.165) is 28.0 Å². The molecule has 0 radical (unpaired) electrons. The number of benzene rings is 3. The summed E-state index contributed by atoms with van der Waals surface area (Å²) >= 11 is 0. The van der Waals surface area contributed by atoms with E-state index in [1.165, 1.54) is 0 Å². The molecule has 0 aliphatic carbocycles. The number of hydrogen-bond donors (Lipinski definition) is 2. The van der Waals surface area contributed by atoms with E-state index in [1.54, 1.807) is 31.6 Å². The van der Waals surface area contributed by atoms with Gasteiger partial charge in [-0.05, 0) is 48.4 Å². The average molecular weight is 360 g/mol. The zero-order valence-corrected chi connectivity index (χ0v) is 15.1. The quantitative estimate of drug-likeness (QED) is 0.692. The van der Waals surface area contributed by atoms with Crippen molar-refractivity contribution in [2.75, 3.05) is 7.11 Å². The first-order valence-corrected chi connectivity index (χ1v) is 8.71. The molecule has 4 heteroatoms. The molecule has 0 bridgehead atoms. The van der Waals surface area contributed by atoms with Crippen molar-refractivity contribution in [2.24, 2.45) is 0 Å². The molecule has 1 unspecified atom stereocenters. The maximum Gasteiger partial charge on any atom is 0.137 e. The van der Waals surface area contributed by atoms with Crippen molar-refractivity contribution in [3.05, 3.63) is 89.2 Å². The van der Waals surface area contributed by atoms with E-state index in [2.05, 4.69) is 0 Å². The summed E-state index contributed by atoms with van der Waals surface area (Å²) in [5.74, 6) is 1.84. The smallest absolute Gasteiger partial charge is 0.137 e. The molecule has 4 rings (SSSR count). The number of fused-ring (bicyclic) bond motifs is 1. The van der Waals surface area contributed by atoms with Gasteiger partial charge in [-0.1, -0.05) is 30.3 Å². The molecule has 0 amide bonds. The van der Waals surface area contributed by atoms with Crippen LogP contribution in [0.2, 0.25) is 0 Å². The lowest BCUT2D eigenvalue weighted by atomic mass is 9.80. The Balaban J connectivity index is 1.89. The number of allylic oxidation sites excluding steroid dienone is 1. The highest BCUT2D eigenvalue weighted by Gasteiger charge is 2.29. The molecule has 0 fully saturated rings.